The summed E-state index contributed by atoms with van der Waals surface area (Å²) < 4.78 is 37.5. The van der Waals surface area contributed by atoms with Crippen LogP contribution < -0.4 is 5.32 Å². The van der Waals surface area contributed by atoms with Crippen LogP contribution in [0.25, 0.3) is 0 Å². The van der Waals surface area contributed by atoms with E-state index in [-0.39, 0.29) is 13.0 Å². The monoisotopic (exact) mass is 248 g/mol. The molecule has 0 atom stereocenters. The molecule has 0 aromatic carbocycles. The zero-order valence-corrected chi connectivity index (χ0v) is 9.37. The van der Waals surface area contributed by atoms with Crippen molar-refractivity contribution in [1.29, 1.82) is 0 Å². The number of hydrogen-bond acceptors (Lipinski definition) is 3. The maximum absolute atomic E-state index is 12.0. The lowest BCUT2D eigenvalue weighted by Gasteiger charge is -2.08. The third-order valence-corrected chi connectivity index (χ3v) is 2.65. The summed E-state index contributed by atoms with van der Waals surface area (Å²) in [6, 6.07) is 0.551. The Morgan fingerprint density at radius 3 is 2.82 bits per heavy atom. The van der Waals surface area contributed by atoms with Crippen molar-refractivity contribution in [1.82, 2.24) is 20.1 Å². The molecule has 0 radical (unpaired) electrons. The Kier molecular flexibility index (Phi) is 3.66. The Morgan fingerprint density at radius 2 is 2.18 bits per heavy atom. The Bertz CT molecular complexity index is 357. The zero-order valence-electron chi connectivity index (χ0n) is 9.37. The summed E-state index contributed by atoms with van der Waals surface area (Å²) in [7, 11) is 0. The highest BCUT2D eigenvalue weighted by molar-refractivity contribution is 4.88. The molecule has 1 N–H and O–H groups in total. The van der Waals surface area contributed by atoms with E-state index in [0.29, 0.717) is 18.4 Å². The van der Waals surface area contributed by atoms with Gasteiger partial charge in [0.15, 0.2) is 0 Å². The summed E-state index contributed by atoms with van der Waals surface area (Å²) in [5, 5.41) is 7.19. The number of halogens is 3. The van der Waals surface area contributed by atoms with Crippen LogP contribution in [0, 0.1) is 0 Å². The standard InChI is InChI=1S/C10H15F3N4/c11-10(12,13)4-1-5-17-9(15-7-16-17)6-14-8-2-3-8/h7-8,14H,1-6H2. The van der Waals surface area contributed by atoms with Crippen LogP contribution in [0.5, 0.6) is 0 Å². The van der Waals surface area contributed by atoms with Gasteiger partial charge in [0, 0.05) is 19.0 Å². The summed E-state index contributed by atoms with van der Waals surface area (Å²) in [5.74, 6) is 0.707. The number of nitrogens with one attached hydrogen (secondary N) is 1. The smallest absolute Gasteiger partial charge is 0.307 e. The molecule has 2 rings (SSSR count). The first-order chi connectivity index (χ1) is 8.04. The van der Waals surface area contributed by atoms with Crippen molar-refractivity contribution in [3.8, 4) is 0 Å². The second-order valence-corrected chi connectivity index (χ2v) is 4.27. The van der Waals surface area contributed by atoms with E-state index in [2.05, 4.69) is 15.4 Å². The average molecular weight is 248 g/mol. The van der Waals surface area contributed by atoms with Crippen molar-refractivity contribution in [2.45, 2.75) is 51.0 Å². The molecule has 4 nitrogen and oxygen atoms in total. The summed E-state index contributed by atoms with van der Waals surface area (Å²) in [6.45, 7) is 0.845. The number of aromatic nitrogens is 3. The maximum atomic E-state index is 12.0. The van der Waals surface area contributed by atoms with Gasteiger partial charge in [-0.3, -0.25) is 0 Å². The molecular weight excluding hydrogens is 233 g/mol. The molecule has 0 amide bonds. The average Bonchev–Trinajstić information content (AvgIpc) is 2.95. The molecule has 1 aromatic heterocycles. The summed E-state index contributed by atoms with van der Waals surface area (Å²) >= 11 is 0. The second-order valence-electron chi connectivity index (χ2n) is 4.27. The molecule has 1 aliphatic carbocycles. The molecule has 1 fully saturated rings. The number of hydrogen-bond donors (Lipinski definition) is 1. The van der Waals surface area contributed by atoms with Gasteiger partial charge < -0.3 is 5.32 Å². The first-order valence-corrected chi connectivity index (χ1v) is 5.71. The van der Waals surface area contributed by atoms with Crippen molar-refractivity contribution >= 4 is 0 Å². The van der Waals surface area contributed by atoms with Crippen LogP contribution in [0.1, 0.15) is 31.5 Å². The zero-order chi connectivity index (χ0) is 12.3. The molecule has 0 bridgehead atoms. The Morgan fingerprint density at radius 1 is 1.41 bits per heavy atom. The number of alkyl halides is 3. The van der Waals surface area contributed by atoms with Gasteiger partial charge in [-0.2, -0.15) is 18.3 Å². The van der Waals surface area contributed by atoms with Gasteiger partial charge in [0.1, 0.15) is 12.2 Å². The van der Waals surface area contributed by atoms with Crippen molar-refractivity contribution in [2.75, 3.05) is 0 Å². The largest absolute Gasteiger partial charge is 0.389 e. The molecule has 0 spiro atoms. The number of nitrogens with zero attached hydrogens (tertiary/aromatic N) is 3. The van der Waals surface area contributed by atoms with Gasteiger partial charge in [-0.15, -0.1) is 0 Å². The Hall–Kier alpha value is -1.11. The molecule has 17 heavy (non-hydrogen) atoms. The van der Waals surface area contributed by atoms with Gasteiger partial charge >= 0.3 is 6.18 Å². The van der Waals surface area contributed by atoms with Crippen LogP contribution >= 0.6 is 0 Å². The van der Waals surface area contributed by atoms with Gasteiger partial charge in [-0.1, -0.05) is 0 Å². The highest BCUT2D eigenvalue weighted by Crippen LogP contribution is 2.22. The van der Waals surface area contributed by atoms with Crippen LogP contribution in [-0.2, 0) is 13.1 Å². The first kappa shape index (κ1) is 12.3. The molecule has 1 heterocycles. The predicted octanol–water partition coefficient (Wildman–Crippen LogP) is 1.87. The van der Waals surface area contributed by atoms with Crippen molar-refractivity contribution < 1.29 is 13.2 Å². The molecule has 1 saturated carbocycles. The lowest BCUT2D eigenvalue weighted by Crippen LogP contribution is -2.20. The first-order valence-electron chi connectivity index (χ1n) is 5.71. The fraction of sp³-hybridized carbons (Fsp3) is 0.800. The van der Waals surface area contributed by atoms with Crippen LogP contribution in [0.3, 0.4) is 0 Å². The normalized spacial score (nSPS) is 16.4. The quantitative estimate of drug-likeness (QED) is 0.835. The molecule has 1 aromatic rings. The van der Waals surface area contributed by atoms with E-state index in [1.165, 1.54) is 19.2 Å². The fourth-order valence-electron chi connectivity index (χ4n) is 1.56. The van der Waals surface area contributed by atoms with Gasteiger partial charge in [-0.05, 0) is 19.3 Å². The molecule has 96 valence electrons. The van der Waals surface area contributed by atoms with E-state index in [9.17, 15) is 13.2 Å². The van der Waals surface area contributed by atoms with E-state index in [1.807, 2.05) is 0 Å². The van der Waals surface area contributed by atoms with E-state index in [0.717, 1.165) is 0 Å². The van der Waals surface area contributed by atoms with Crippen LogP contribution in [-0.4, -0.2) is 27.0 Å². The number of rotatable bonds is 6. The summed E-state index contributed by atoms with van der Waals surface area (Å²) in [5.41, 5.74) is 0. The van der Waals surface area contributed by atoms with Crippen LogP contribution in [0.2, 0.25) is 0 Å². The van der Waals surface area contributed by atoms with Crippen LogP contribution in [0.15, 0.2) is 6.33 Å². The highest BCUT2D eigenvalue weighted by atomic mass is 19.4. The van der Waals surface area contributed by atoms with Gasteiger partial charge in [0.25, 0.3) is 0 Å². The van der Waals surface area contributed by atoms with E-state index in [1.54, 1.807) is 4.68 Å². The molecule has 0 unspecified atom stereocenters. The minimum Gasteiger partial charge on any atom is -0.307 e. The van der Waals surface area contributed by atoms with Crippen molar-refractivity contribution in [2.24, 2.45) is 0 Å². The molecule has 0 saturated heterocycles. The van der Waals surface area contributed by atoms with Crippen molar-refractivity contribution in [3.63, 3.8) is 0 Å². The topological polar surface area (TPSA) is 42.7 Å². The third kappa shape index (κ3) is 4.33. The molecule has 7 heteroatoms. The van der Waals surface area contributed by atoms with Crippen molar-refractivity contribution in [3.05, 3.63) is 12.2 Å². The third-order valence-electron chi connectivity index (χ3n) is 2.65. The number of aryl methyl sites for hydroxylation is 1. The highest BCUT2D eigenvalue weighted by Gasteiger charge is 2.26. The minimum atomic E-state index is -4.09. The van der Waals surface area contributed by atoms with E-state index < -0.39 is 12.6 Å². The SMILES string of the molecule is FC(F)(F)CCCn1ncnc1CNC1CC1. The summed E-state index contributed by atoms with van der Waals surface area (Å²) in [4.78, 5) is 4.04. The molecule has 1 aliphatic rings. The molecular formula is C10H15F3N4. The predicted molar refractivity (Wildman–Crippen MR) is 55.2 cm³/mol. The van der Waals surface area contributed by atoms with Crippen LogP contribution in [0.4, 0.5) is 13.2 Å². The van der Waals surface area contributed by atoms with E-state index >= 15 is 0 Å². The van der Waals surface area contributed by atoms with E-state index in [4.69, 9.17) is 0 Å². The Balaban J connectivity index is 1.76. The minimum absolute atomic E-state index is 0.0449. The van der Waals surface area contributed by atoms with Gasteiger partial charge in [-0.25, -0.2) is 9.67 Å². The fourth-order valence-corrected chi connectivity index (χ4v) is 1.56. The van der Waals surface area contributed by atoms with Gasteiger partial charge in [0.05, 0.1) is 6.54 Å². The Labute approximate surface area is 97.2 Å². The lowest BCUT2D eigenvalue weighted by molar-refractivity contribution is -0.136. The summed E-state index contributed by atoms with van der Waals surface area (Å²) in [6.07, 6.45) is -1.10. The maximum Gasteiger partial charge on any atom is 0.389 e. The molecule has 0 aliphatic heterocycles. The second kappa shape index (κ2) is 5.03. The lowest BCUT2D eigenvalue weighted by atomic mass is 10.3. The van der Waals surface area contributed by atoms with Gasteiger partial charge in [0.2, 0.25) is 0 Å².